The van der Waals surface area contributed by atoms with Gasteiger partial charge < -0.3 is 5.32 Å². The Labute approximate surface area is 175 Å². The maximum Gasteiger partial charge on any atom is 0.252 e. The highest BCUT2D eigenvalue weighted by Gasteiger charge is 2.22. The van der Waals surface area contributed by atoms with E-state index in [0.717, 1.165) is 46.1 Å². The lowest BCUT2D eigenvalue weighted by molar-refractivity contribution is 0.0947. The van der Waals surface area contributed by atoms with Crippen molar-refractivity contribution < 1.29 is 4.79 Å². The number of pyridine rings is 1. The molecule has 0 unspecified atom stereocenters. The molecule has 0 atom stereocenters. The second kappa shape index (κ2) is 9.27. The van der Waals surface area contributed by atoms with Crippen LogP contribution in [0.4, 0.5) is 0 Å². The molecule has 0 aliphatic heterocycles. The zero-order valence-corrected chi connectivity index (χ0v) is 17.5. The summed E-state index contributed by atoms with van der Waals surface area (Å²) in [6, 6.07) is 16.2. The lowest BCUT2D eigenvalue weighted by Crippen LogP contribution is -2.23. The van der Waals surface area contributed by atoms with Gasteiger partial charge in [-0.3, -0.25) is 14.5 Å². The molecule has 2 aromatic heterocycles. The topological polar surface area (TPSA) is 59.8 Å². The summed E-state index contributed by atoms with van der Waals surface area (Å²) in [7, 11) is 0. The lowest BCUT2D eigenvalue weighted by atomic mass is 10.2. The summed E-state index contributed by atoms with van der Waals surface area (Å²) < 4.78 is 2.12. The summed E-state index contributed by atoms with van der Waals surface area (Å²) in [4.78, 5) is 18.3. The Hall–Kier alpha value is -2.60. The van der Waals surface area contributed by atoms with Gasteiger partial charge in [0.2, 0.25) is 0 Å². The molecule has 1 fully saturated rings. The zero-order valence-electron chi connectivity index (χ0n) is 16.7. The minimum atomic E-state index is -0.0589. The van der Waals surface area contributed by atoms with Crippen LogP contribution in [0.1, 0.15) is 54.7 Å². The molecule has 4 rings (SSSR count). The molecular weight excluding hydrogens is 380 g/mol. The first-order valence-corrected chi connectivity index (χ1v) is 11.2. The predicted molar refractivity (Wildman–Crippen MR) is 117 cm³/mol. The minimum absolute atomic E-state index is 0.0589. The highest BCUT2D eigenvalue weighted by molar-refractivity contribution is 7.99. The third-order valence-corrected chi connectivity index (χ3v) is 6.20. The molecule has 2 heterocycles. The average molecular weight is 407 g/mol. The van der Waals surface area contributed by atoms with Crippen LogP contribution in [0, 0.1) is 0 Å². The van der Waals surface area contributed by atoms with Gasteiger partial charge in [0.15, 0.2) is 0 Å². The van der Waals surface area contributed by atoms with Crippen LogP contribution in [0.2, 0.25) is 0 Å². The molecule has 0 spiro atoms. The van der Waals surface area contributed by atoms with Gasteiger partial charge in [-0.1, -0.05) is 38.0 Å². The zero-order chi connectivity index (χ0) is 20.1. The van der Waals surface area contributed by atoms with Gasteiger partial charge in [0.1, 0.15) is 0 Å². The number of hydrogen-bond acceptors (Lipinski definition) is 4. The van der Waals surface area contributed by atoms with Gasteiger partial charge in [0.25, 0.3) is 5.91 Å². The molecular formula is C23H26N4OS. The molecule has 1 N–H and O–H groups in total. The van der Waals surface area contributed by atoms with Crippen LogP contribution >= 0.6 is 11.8 Å². The van der Waals surface area contributed by atoms with Crippen molar-refractivity contribution in [1.29, 1.82) is 0 Å². The first kappa shape index (κ1) is 19.7. The van der Waals surface area contributed by atoms with Crippen molar-refractivity contribution in [3.05, 3.63) is 66.0 Å². The molecule has 1 aromatic carbocycles. The summed E-state index contributed by atoms with van der Waals surface area (Å²) in [6.45, 7) is 2.50. The first-order chi connectivity index (χ1) is 14.3. The molecule has 3 aromatic rings. The van der Waals surface area contributed by atoms with Crippen molar-refractivity contribution >= 4 is 17.7 Å². The van der Waals surface area contributed by atoms with Gasteiger partial charge >= 0.3 is 0 Å². The largest absolute Gasteiger partial charge is 0.346 e. The standard InChI is InChI=1S/C23H26N4OS/c1-2-29-22-13-6-5-11-19(22)23(28)25-16-17-15-21(20-12-7-8-14-24-20)27(26-17)18-9-3-4-10-18/h5-8,11-15,18H,2-4,9-10,16H2,1H3,(H,25,28). The number of benzene rings is 1. The first-order valence-electron chi connectivity index (χ1n) is 10.3. The number of carbonyl (C=O) groups is 1. The van der Waals surface area contributed by atoms with E-state index in [-0.39, 0.29) is 5.91 Å². The fourth-order valence-corrected chi connectivity index (χ4v) is 4.67. The highest BCUT2D eigenvalue weighted by Crippen LogP contribution is 2.33. The number of aromatic nitrogens is 3. The number of thioether (sulfide) groups is 1. The second-order valence-electron chi connectivity index (χ2n) is 7.23. The molecule has 0 bridgehead atoms. The molecule has 29 heavy (non-hydrogen) atoms. The van der Waals surface area contributed by atoms with Crippen molar-refractivity contribution in [2.24, 2.45) is 0 Å². The fourth-order valence-electron chi connectivity index (χ4n) is 3.87. The van der Waals surface area contributed by atoms with Gasteiger partial charge in [-0.25, -0.2) is 0 Å². The number of rotatable bonds is 7. The van der Waals surface area contributed by atoms with Crippen molar-refractivity contribution in [3.8, 4) is 11.4 Å². The molecule has 0 radical (unpaired) electrons. The second-order valence-corrected chi connectivity index (χ2v) is 8.54. The van der Waals surface area contributed by atoms with Gasteiger partial charge in [-0.15, -0.1) is 11.8 Å². The molecule has 0 saturated heterocycles. The molecule has 6 heteroatoms. The van der Waals surface area contributed by atoms with Crippen molar-refractivity contribution in [2.45, 2.75) is 50.1 Å². The summed E-state index contributed by atoms with van der Waals surface area (Å²) in [5.74, 6) is 0.875. The summed E-state index contributed by atoms with van der Waals surface area (Å²) >= 11 is 1.68. The summed E-state index contributed by atoms with van der Waals surface area (Å²) in [5, 5.41) is 7.90. The third-order valence-electron chi connectivity index (χ3n) is 5.25. The van der Waals surface area contributed by atoms with Gasteiger partial charge in [-0.2, -0.15) is 5.10 Å². The van der Waals surface area contributed by atoms with E-state index in [1.54, 1.807) is 11.8 Å². The van der Waals surface area contributed by atoms with Crippen LogP contribution in [-0.2, 0) is 6.54 Å². The van der Waals surface area contributed by atoms with Crippen LogP contribution in [-0.4, -0.2) is 26.4 Å². The molecule has 1 saturated carbocycles. The Morgan fingerprint density at radius 1 is 1.17 bits per heavy atom. The highest BCUT2D eigenvalue weighted by atomic mass is 32.2. The smallest absolute Gasteiger partial charge is 0.252 e. The van der Waals surface area contributed by atoms with E-state index in [2.05, 4.69) is 28.0 Å². The van der Waals surface area contributed by atoms with Gasteiger partial charge in [0.05, 0.1) is 35.2 Å². The Balaban J connectivity index is 1.54. The maximum atomic E-state index is 12.8. The summed E-state index contributed by atoms with van der Waals surface area (Å²) in [5.41, 5.74) is 3.55. The van der Waals surface area contributed by atoms with E-state index in [0.29, 0.717) is 12.6 Å². The lowest BCUT2D eigenvalue weighted by Gasteiger charge is -2.13. The van der Waals surface area contributed by atoms with Gasteiger partial charge in [0, 0.05) is 11.1 Å². The Morgan fingerprint density at radius 3 is 2.72 bits per heavy atom. The Morgan fingerprint density at radius 2 is 1.97 bits per heavy atom. The van der Waals surface area contributed by atoms with Crippen LogP contribution in [0.15, 0.2) is 59.6 Å². The van der Waals surface area contributed by atoms with E-state index in [1.165, 1.54) is 12.8 Å². The van der Waals surface area contributed by atoms with Crippen molar-refractivity contribution in [1.82, 2.24) is 20.1 Å². The fraction of sp³-hybridized carbons (Fsp3) is 0.348. The van der Waals surface area contributed by atoms with Crippen molar-refractivity contribution in [3.63, 3.8) is 0 Å². The molecule has 1 amide bonds. The van der Waals surface area contributed by atoms with Crippen LogP contribution in [0.5, 0.6) is 0 Å². The number of carbonyl (C=O) groups excluding carboxylic acids is 1. The van der Waals surface area contributed by atoms with Gasteiger partial charge in [-0.05, 0) is 48.9 Å². The van der Waals surface area contributed by atoms with Crippen LogP contribution in [0.3, 0.4) is 0 Å². The van der Waals surface area contributed by atoms with Crippen LogP contribution in [0.25, 0.3) is 11.4 Å². The normalized spacial score (nSPS) is 14.2. The minimum Gasteiger partial charge on any atom is -0.346 e. The average Bonchev–Trinajstić information content (AvgIpc) is 3.43. The summed E-state index contributed by atoms with van der Waals surface area (Å²) in [6.07, 6.45) is 6.59. The SMILES string of the molecule is CCSc1ccccc1C(=O)NCc1cc(-c2ccccn2)n(C2CCCC2)n1. The monoisotopic (exact) mass is 406 g/mol. The van der Waals surface area contributed by atoms with E-state index in [4.69, 9.17) is 5.10 Å². The van der Waals surface area contributed by atoms with Crippen molar-refractivity contribution in [2.75, 3.05) is 5.75 Å². The Kier molecular flexibility index (Phi) is 6.30. The van der Waals surface area contributed by atoms with Crippen LogP contribution < -0.4 is 5.32 Å². The van der Waals surface area contributed by atoms with E-state index < -0.39 is 0 Å². The number of hydrogen-bond donors (Lipinski definition) is 1. The molecule has 150 valence electrons. The number of nitrogens with zero attached hydrogens (tertiary/aromatic N) is 3. The predicted octanol–water partition coefficient (Wildman–Crippen LogP) is 5.10. The molecule has 5 nitrogen and oxygen atoms in total. The molecule has 1 aliphatic rings. The van der Waals surface area contributed by atoms with E-state index in [1.807, 2.05) is 48.7 Å². The maximum absolute atomic E-state index is 12.8. The number of amides is 1. The Bertz CT molecular complexity index is 964. The quantitative estimate of drug-likeness (QED) is 0.555. The molecule has 1 aliphatic carbocycles. The number of nitrogens with one attached hydrogen (secondary N) is 1. The van der Waals surface area contributed by atoms with E-state index in [9.17, 15) is 4.79 Å². The third kappa shape index (κ3) is 4.53. The van der Waals surface area contributed by atoms with E-state index >= 15 is 0 Å².